The minimum atomic E-state index is -0.569. The predicted molar refractivity (Wildman–Crippen MR) is 96.5 cm³/mol. The molecule has 1 saturated heterocycles. The molecular formula is C21H19NO4. The fraction of sp³-hybridized carbons (Fsp3) is 0.238. The van der Waals surface area contributed by atoms with Crippen molar-refractivity contribution in [2.75, 3.05) is 7.11 Å². The molecule has 1 aliphatic carbocycles. The molecule has 2 amide bonds. The Hall–Kier alpha value is -3.08. The Bertz CT molecular complexity index is 853. The summed E-state index contributed by atoms with van der Waals surface area (Å²) in [6, 6.07) is 16.6. The van der Waals surface area contributed by atoms with Crippen LogP contribution in [-0.2, 0) is 9.53 Å². The van der Waals surface area contributed by atoms with E-state index in [1.54, 1.807) is 13.2 Å². The monoisotopic (exact) mass is 349 g/mol. The van der Waals surface area contributed by atoms with Crippen LogP contribution in [0.25, 0.3) is 6.08 Å². The Morgan fingerprint density at radius 1 is 1.15 bits per heavy atom. The first kappa shape index (κ1) is 16.4. The predicted octanol–water partition coefficient (Wildman–Crippen LogP) is 3.96. The highest BCUT2D eigenvalue weighted by Crippen LogP contribution is 2.56. The van der Waals surface area contributed by atoms with Gasteiger partial charge in [0.25, 0.3) is 5.91 Å². The first-order chi connectivity index (χ1) is 12.6. The van der Waals surface area contributed by atoms with Gasteiger partial charge in [-0.2, -0.15) is 0 Å². The summed E-state index contributed by atoms with van der Waals surface area (Å²) in [5.41, 5.74) is 1.22. The summed E-state index contributed by atoms with van der Waals surface area (Å²) in [6.45, 7) is 0. The van der Waals surface area contributed by atoms with Crippen molar-refractivity contribution >= 4 is 18.1 Å². The number of hydrogen-bond acceptors (Lipinski definition) is 4. The molecule has 1 unspecified atom stereocenters. The van der Waals surface area contributed by atoms with E-state index in [1.807, 2.05) is 54.6 Å². The number of imide groups is 1. The average molecular weight is 349 g/mol. The van der Waals surface area contributed by atoms with Gasteiger partial charge in [0, 0.05) is 6.08 Å². The molecule has 5 heteroatoms. The van der Waals surface area contributed by atoms with Gasteiger partial charge in [-0.05, 0) is 42.2 Å². The van der Waals surface area contributed by atoms with Gasteiger partial charge in [-0.3, -0.25) is 4.79 Å². The highest BCUT2D eigenvalue weighted by Gasteiger charge is 2.63. The summed E-state index contributed by atoms with van der Waals surface area (Å²) >= 11 is 0. The molecule has 2 aromatic rings. The molecule has 2 aromatic carbocycles. The second-order valence-corrected chi connectivity index (χ2v) is 6.56. The smallest absolute Gasteiger partial charge is 0.418 e. The van der Waals surface area contributed by atoms with Crippen LogP contribution in [0.1, 0.15) is 30.0 Å². The summed E-state index contributed by atoms with van der Waals surface area (Å²) in [7, 11) is 1.60. The van der Waals surface area contributed by atoms with Crippen LogP contribution >= 0.6 is 0 Å². The maximum absolute atomic E-state index is 12.8. The van der Waals surface area contributed by atoms with E-state index in [2.05, 4.69) is 0 Å². The van der Waals surface area contributed by atoms with Crippen molar-refractivity contribution in [3.05, 3.63) is 71.8 Å². The molecule has 0 radical (unpaired) electrons. The quantitative estimate of drug-likeness (QED) is 0.784. The minimum Gasteiger partial charge on any atom is -0.497 e. The second-order valence-electron chi connectivity index (χ2n) is 6.56. The summed E-state index contributed by atoms with van der Waals surface area (Å²) in [5, 5.41) is 0. The lowest BCUT2D eigenvalue weighted by Gasteiger charge is -2.22. The third-order valence-corrected chi connectivity index (χ3v) is 4.87. The van der Waals surface area contributed by atoms with Crippen LogP contribution in [0.5, 0.6) is 5.75 Å². The lowest BCUT2D eigenvalue weighted by molar-refractivity contribution is -0.124. The summed E-state index contributed by atoms with van der Waals surface area (Å²) in [4.78, 5) is 26.4. The standard InChI is InChI=1S/C21H19NO4/c1-25-17-10-7-15(8-11-17)9-12-18(23)22-19(16-5-3-2-4-6-16)21(13-14-21)26-20(22)24/h2-12,19H,13-14H2,1H3. The van der Waals surface area contributed by atoms with E-state index in [4.69, 9.17) is 9.47 Å². The van der Waals surface area contributed by atoms with Crippen molar-refractivity contribution in [2.45, 2.75) is 24.5 Å². The van der Waals surface area contributed by atoms with Gasteiger partial charge in [-0.15, -0.1) is 0 Å². The topological polar surface area (TPSA) is 55.8 Å². The minimum absolute atomic E-state index is 0.371. The average Bonchev–Trinajstić information content (AvgIpc) is 3.37. The molecule has 0 N–H and O–H groups in total. The number of hydrogen-bond donors (Lipinski definition) is 0. The Morgan fingerprint density at radius 3 is 2.46 bits per heavy atom. The molecule has 2 fully saturated rings. The first-order valence-corrected chi connectivity index (χ1v) is 8.56. The van der Waals surface area contributed by atoms with Gasteiger partial charge in [0.15, 0.2) is 0 Å². The Morgan fingerprint density at radius 2 is 1.85 bits per heavy atom. The van der Waals surface area contributed by atoms with Gasteiger partial charge < -0.3 is 9.47 Å². The maximum Gasteiger partial charge on any atom is 0.418 e. The van der Waals surface area contributed by atoms with Gasteiger partial charge >= 0.3 is 6.09 Å². The lowest BCUT2D eigenvalue weighted by atomic mass is 9.99. The van der Waals surface area contributed by atoms with E-state index in [1.165, 1.54) is 11.0 Å². The van der Waals surface area contributed by atoms with Gasteiger partial charge in [0.1, 0.15) is 17.4 Å². The zero-order chi connectivity index (χ0) is 18.1. The van der Waals surface area contributed by atoms with Gasteiger partial charge in [0.05, 0.1) is 7.11 Å². The van der Waals surface area contributed by atoms with Crippen LogP contribution in [0.15, 0.2) is 60.7 Å². The number of nitrogens with zero attached hydrogens (tertiary/aromatic N) is 1. The Labute approximate surface area is 151 Å². The molecule has 1 aliphatic heterocycles. The molecule has 4 rings (SSSR count). The fourth-order valence-electron chi connectivity index (χ4n) is 3.39. The number of amides is 2. The molecular weight excluding hydrogens is 330 g/mol. The first-order valence-electron chi connectivity index (χ1n) is 8.56. The molecule has 1 heterocycles. The van der Waals surface area contributed by atoms with E-state index in [9.17, 15) is 9.59 Å². The van der Waals surface area contributed by atoms with E-state index in [0.717, 1.165) is 29.7 Å². The summed E-state index contributed by atoms with van der Waals surface area (Å²) in [5.74, 6) is 0.375. The number of carbonyl (C=O) groups excluding carboxylic acids is 2. The lowest BCUT2D eigenvalue weighted by Crippen LogP contribution is -2.34. The molecule has 2 aliphatic rings. The number of carbonyl (C=O) groups is 2. The van der Waals surface area contributed by atoms with Crippen molar-refractivity contribution in [3.8, 4) is 5.75 Å². The molecule has 1 saturated carbocycles. The van der Waals surface area contributed by atoms with E-state index < -0.39 is 11.7 Å². The van der Waals surface area contributed by atoms with Gasteiger partial charge in [0.2, 0.25) is 0 Å². The van der Waals surface area contributed by atoms with Crippen molar-refractivity contribution in [1.82, 2.24) is 4.90 Å². The van der Waals surface area contributed by atoms with E-state index in [-0.39, 0.29) is 11.9 Å². The number of benzene rings is 2. The number of methoxy groups -OCH3 is 1. The van der Waals surface area contributed by atoms with Crippen molar-refractivity contribution in [3.63, 3.8) is 0 Å². The van der Waals surface area contributed by atoms with Crippen molar-refractivity contribution < 1.29 is 19.1 Å². The SMILES string of the molecule is COc1ccc(C=CC(=O)N2C(=O)OC3(CC3)C2c2ccccc2)cc1. The Kier molecular flexibility index (Phi) is 3.99. The third kappa shape index (κ3) is 2.86. The van der Waals surface area contributed by atoms with Crippen LogP contribution in [0, 0.1) is 0 Å². The molecule has 5 nitrogen and oxygen atoms in total. The normalized spacial score (nSPS) is 20.4. The van der Waals surface area contributed by atoms with E-state index in [0.29, 0.717) is 0 Å². The molecule has 1 spiro atoms. The van der Waals surface area contributed by atoms with Crippen LogP contribution in [0.4, 0.5) is 4.79 Å². The van der Waals surface area contributed by atoms with Crippen LogP contribution < -0.4 is 4.74 Å². The Balaban J connectivity index is 1.59. The molecule has 0 bridgehead atoms. The highest BCUT2D eigenvalue weighted by atomic mass is 16.6. The third-order valence-electron chi connectivity index (χ3n) is 4.87. The fourth-order valence-corrected chi connectivity index (χ4v) is 3.39. The van der Waals surface area contributed by atoms with Crippen molar-refractivity contribution in [1.29, 1.82) is 0 Å². The number of ether oxygens (including phenoxy) is 2. The largest absolute Gasteiger partial charge is 0.497 e. The maximum atomic E-state index is 12.8. The van der Waals surface area contributed by atoms with Crippen LogP contribution in [-0.4, -0.2) is 29.6 Å². The summed E-state index contributed by atoms with van der Waals surface area (Å²) in [6.07, 6.45) is 4.10. The highest BCUT2D eigenvalue weighted by molar-refractivity contribution is 6.02. The van der Waals surface area contributed by atoms with Crippen LogP contribution in [0.3, 0.4) is 0 Å². The zero-order valence-corrected chi connectivity index (χ0v) is 14.4. The van der Waals surface area contributed by atoms with E-state index >= 15 is 0 Å². The van der Waals surface area contributed by atoms with Crippen LogP contribution in [0.2, 0.25) is 0 Å². The molecule has 132 valence electrons. The molecule has 0 aromatic heterocycles. The molecule has 26 heavy (non-hydrogen) atoms. The van der Waals surface area contributed by atoms with Gasteiger partial charge in [-0.25, -0.2) is 9.69 Å². The van der Waals surface area contributed by atoms with Gasteiger partial charge in [-0.1, -0.05) is 42.5 Å². The zero-order valence-electron chi connectivity index (χ0n) is 14.4. The molecule has 1 atom stereocenters. The second kappa shape index (κ2) is 6.33. The van der Waals surface area contributed by atoms with Crippen molar-refractivity contribution in [2.24, 2.45) is 0 Å². The number of rotatable bonds is 4. The summed E-state index contributed by atoms with van der Waals surface area (Å²) < 4.78 is 10.7.